The molecule has 0 amide bonds. The molecule has 0 radical (unpaired) electrons. The summed E-state index contributed by atoms with van der Waals surface area (Å²) in [6, 6.07) is 6.54. The molecule has 0 bridgehead atoms. The number of nitrogens with two attached hydrogens (primary N) is 1. The molecular weight excluding hydrogens is 416 g/mol. The highest BCUT2D eigenvalue weighted by atomic mass is 79.9. The Hall–Kier alpha value is -0.670. The standard InChI is InChI=1S/C12H10BrClN2O2S3/c1-6-3-2-4-8(10(6)12(15)19)16-21(17,18)9-5-7(14)11(13)20-9/h2-5,16H,1H3,(H2,15,19). The average molecular weight is 426 g/mol. The lowest BCUT2D eigenvalue weighted by molar-refractivity contribution is 0.603. The minimum atomic E-state index is -3.75. The van der Waals surface area contributed by atoms with Crippen LogP contribution in [0.3, 0.4) is 0 Å². The Morgan fingerprint density at radius 1 is 1.48 bits per heavy atom. The van der Waals surface area contributed by atoms with Gasteiger partial charge in [0.1, 0.15) is 9.20 Å². The summed E-state index contributed by atoms with van der Waals surface area (Å²) >= 11 is 15.1. The molecule has 0 unspecified atom stereocenters. The van der Waals surface area contributed by atoms with Gasteiger partial charge in [-0.25, -0.2) is 8.42 Å². The zero-order valence-electron chi connectivity index (χ0n) is 10.7. The van der Waals surface area contributed by atoms with Gasteiger partial charge < -0.3 is 5.73 Å². The van der Waals surface area contributed by atoms with E-state index in [2.05, 4.69) is 20.7 Å². The number of anilines is 1. The van der Waals surface area contributed by atoms with Crippen molar-refractivity contribution >= 4 is 71.8 Å². The van der Waals surface area contributed by atoms with E-state index in [0.29, 0.717) is 20.1 Å². The van der Waals surface area contributed by atoms with Crippen LogP contribution < -0.4 is 10.5 Å². The van der Waals surface area contributed by atoms with Gasteiger partial charge in [-0.15, -0.1) is 11.3 Å². The Kier molecular flexibility index (Phi) is 4.94. The number of nitrogens with one attached hydrogen (secondary N) is 1. The molecule has 0 atom stereocenters. The van der Waals surface area contributed by atoms with E-state index in [4.69, 9.17) is 29.6 Å². The zero-order valence-corrected chi connectivity index (χ0v) is 15.5. The van der Waals surface area contributed by atoms with Gasteiger partial charge in [-0.1, -0.05) is 36.0 Å². The van der Waals surface area contributed by atoms with Crippen LogP contribution in [0.2, 0.25) is 5.02 Å². The summed E-state index contributed by atoms with van der Waals surface area (Å²) in [6.07, 6.45) is 0. The van der Waals surface area contributed by atoms with Crippen molar-refractivity contribution in [2.75, 3.05) is 4.72 Å². The van der Waals surface area contributed by atoms with Crippen LogP contribution in [0.1, 0.15) is 11.1 Å². The second-order valence-corrected chi connectivity index (χ2v) is 9.28. The van der Waals surface area contributed by atoms with E-state index in [9.17, 15) is 8.42 Å². The molecule has 1 aromatic heterocycles. The SMILES string of the molecule is Cc1cccc(NS(=O)(=O)c2cc(Cl)c(Br)s2)c1C(N)=S. The van der Waals surface area contributed by atoms with Crippen molar-refractivity contribution in [2.45, 2.75) is 11.1 Å². The first-order chi connectivity index (χ1) is 9.72. The predicted octanol–water partition coefficient (Wildman–Crippen LogP) is 3.91. The first-order valence-electron chi connectivity index (χ1n) is 5.59. The molecule has 0 saturated heterocycles. The fraction of sp³-hybridized carbons (Fsp3) is 0.0833. The van der Waals surface area contributed by atoms with Crippen LogP contribution in [-0.2, 0) is 10.0 Å². The van der Waals surface area contributed by atoms with E-state index in [1.54, 1.807) is 12.1 Å². The van der Waals surface area contributed by atoms with E-state index >= 15 is 0 Å². The maximum atomic E-state index is 12.4. The predicted molar refractivity (Wildman–Crippen MR) is 94.9 cm³/mol. The normalized spacial score (nSPS) is 11.4. The van der Waals surface area contributed by atoms with Crippen LogP contribution in [0, 0.1) is 6.92 Å². The molecule has 1 aromatic carbocycles. The van der Waals surface area contributed by atoms with Gasteiger partial charge in [0, 0.05) is 5.56 Å². The molecule has 0 aliphatic heterocycles. The van der Waals surface area contributed by atoms with Crippen molar-refractivity contribution in [2.24, 2.45) is 5.73 Å². The molecular formula is C12H10BrClN2O2S3. The minimum Gasteiger partial charge on any atom is -0.389 e. The Labute approximate surface area is 145 Å². The summed E-state index contributed by atoms with van der Waals surface area (Å²) in [5, 5.41) is 0.346. The van der Waals surface area contributed by atoms with Crippen molar-refractivity contribution in [1.82, 2.24) is 0 Å². The van der Waals surface area contributed by atoms with Crippen LogP contribution in [0.4, 0.5) is 5.69 Å². The Morgan fingerprint density at radius 3 is 2.67 bits per heavy atom. The maximum Gasteiger partial charge on any atom is 0.271 e. The highest BCUT2D eigenvalue weighted by Gasteiger charge is 2.21. The molecule has 0 saturated carbocycles. The van der Waals surface area contributed by atoms with Crippen molar-refractivity contribution in [3.63, 3.8) is 0 Å². The largest absolute Gasteiger partial charge is 0.389 e. The smallest absolute Gasteiger partial charge is 0.271 e. The summed E-state index contributed by atoms with van der Waals surface area (Å²) in [7, 11) is -3.75. The van der Waals surface area contributed by atoms with Crippen LogP contribution in [0.25, 0.3) is 0 Å². The molecule has 3 N–H and O–H groups in total. The maximum absolute atomic E-state index is 12.4. The molecule has 0 aliphatic rings. The fourth-order valence-electron chi connectivity index (χ4n) is 1.73. The number of rotatable bonds is 4. The van der Waals surface area contributed by atoms with E-state index in [0.717, 1.165) is 16.9 Å². The van der Waals surface area contributed by atoms with Gasteiger partial charge in [0.2, 0.25) is 0 Å². The molecule has 4 nitrogen and oxygen atoms in total. The first kappa shape index (κ1) is 16.7. The van der Waals surface area contributed by atoms with Crippen LogP contribution in [0.15, 0.2) is 32.3 Å². The van der Waals surface area contributed by atoms with Gasteiger partial charge in [-0.2, -0.15) is 0 Å². The van der Waals surface area contributed by atoms with Crippen LogP contribution in [0.5, 0.6) is 0 Å². The van der Waals surface area contributed by atoms with Crippen LogP contribution >= 0.6 is 51.1 Å². The Morgan fingerprint density at radius 2 is 2.14 bits per heavy atom. The quantitative estimate of drug-likeness (QED) is 0.729. The van der Waals surface area contributed by atoms with Gasteiger partial charge in [-0.05, 0) is 40.5 Å². The van der Waals surface area contributed by atoms with Crippen LogP contribution in [-0.4, -0.2) is 13.4 Å². The molecule has 0 fully saturated rings. The monoisotopic (exact) mass is 424 g/mol. The number of hydrogen-bond acceptors (Lipinski definition) is 4. The average Bonchev–Trinajstić information content (AvgIpc) is 2.69. The molecule has 1 heterocycles. The van der Waals surface area contributed by atoms with E-state index in [1.165, 1.54) is 6.07 Å². The third-order valence-corrected chi connectivity index (χ3v) is 7.17. The van der Waals surface area contributed by atoms with E-state index in [-0.39, 0.29) is 9.20 Å². The van der Waals surface area contributed by atoms with E-state index < -0.39 is 10.0 Å². The van der Waals surface area contributed by atoms with Gasteiger partial charge in [0.05, 0.1) is 14.5 Å². The van der Waals surface area contributed by atoms with Crippen molar-refractivity contribution in [3.8, 4) is 0 Å². The lowest BCUT2D eigenvalue weighted by atomic mass is 10.1. The van der Waals surface area contributed by atoms with Gasteiger partial charge in [-0.3, -0.25) is 4.72 Å². The number of hydrogen-bond donors (Lipinski definition) is 2. The van der Waals surface area contributed by atoms with Crippen molar-refractivity contribution < 1.29 is 8.42 Å². The third kappa shape index (κ3) is 3.57. The number of aryl methyl sites for hydroxylation is 1. The second kappa shape index (κ2) is 6.21. The number of thiophene rings is 1. The Balaban J connectivity index is 2.47. The fourth-order valence-corrected chi connectivity index (χ4v) is 5.48. The van der Waals surface area contributed by atoms with Gasteiger partial charge in [0.15, 0.2) is 0 Å². The van der Waals surface area contributed by atoms with Gasteiger partial charge in [0.25, 0.3) is 10.0 Å². The number of halogens is 2. The van der Waals surface area contributed by atoms with E-state index in [1.807, 2.05) is 13.0 Å². The van der Waals surface area contributed by atoms with Crippen molar-refractivity contribution in [1.29, 1.82) is 0 Å². The molecule has 2 aromatic rings. The van der Waals surface area contributed by atoms with Gasteiger partial charge >= 0.3 is 0 Å². The number of benzene rings is 1. The highest BCUT2D eigenvalue weighted by Crippen LogP contribution is 2.35. The van der Waals surface area contributed by atoms with Crippen molar-refractivity contribution in [3.05, 3.63) is 44.2 Å². The summed E-state index contributed by atoms with van der Waals surface area (Å²) in [4.78, 5) is 0.135. The Bertz CT molecular complexity index is 798. The molecule has 0 spiro atoms. The second-order valence-electron chi connectivity index (χ2n) is 4.15. The zero-order chi connectivity index (χ0) is 15.8. The summed E-state index contributed by atoms with van der Waals surface area (Å²) in [5.41, 5.74) is 7.33. The summed E-state index contributed by atoms with van der Waals surface area (Å²) < 4.78 is 27.9. The number of sulfonamides is 1. The highest BCUT2D eigenvalue weighted by molar-refractivity contribution is 9.11. The summed E-state index contributed by atoms with van der Waals surface area (Å²) in [5.74, 6) is 0. The third-order valence-electron chi connectivity index (χ3n) is 2.65. The minimum absolute atomic E-state index is 0.106. The summed E-state index contributed by atoms with van der Waals surface area (Å²) in [6.45, 7) is 1.81. The lowest BCUT2D eigenvalue weighted by Crippen LogP contribution is -2.18. The number of thiocarbonyl (C=S) groups is 1. The molecule has 112 valence electrons. The topological polar surface area (TPSA) is 72.2 Å². The molecule has 2 rings (SSSR count). The molecule has 0 aliphatic carbocycles. The molecule has 21 heavy (non-hydrogen) atoms. The lowest BCUT2D eigenvalue weighted by Gasteiger charge is -2.13. The first-order valence-corrected chi connectivity index (χ1v) is 9.47. The molecule has 9 heteroatoms.